The number of sulfonamides is 1. The number of anilines is 1. The fourth-order valence-electron chi connectivity index (χ4n) is 3.77. The van der Waals surface area contributed by atoms with Crippen LogP contribution in [-0.2, 0) is 19.6 Å². The van der Waals surface area contributed by atoms with E-state index in [1.54, 1.807) is 26.0 Å². The minimum Gasteiger partial charge on any atom is -0.356 e. The number of piperidine rings is 1. The minimum absolute atomic E-state index is 0.0727. The van der Waals surface area contributed by atoms with Crippen LogP contribution in [0.25, 0.3) is 0 Å². The molecular formula is C22H36N4O4S. The molecule has 2 amide bonds. The molecule has 1 unspecified atom stereocenters. The molecule has 8 nitrogen and oxygen atoms in total. The number of hydrogen-bond donors (Lipinski definition) is 2. The maximum absolute atomic E-state index is 12.6. The molecule has 0 radical (unpaired) electrons. The molecule has 0 saturated carbocycles. The van der Waals surface area contributed by atoms with Crippen LogP contribution in [-0.4, -0.2) is 68.7 Å². The van der Waals surface area contributed by atoms with E-state index in [2.05, 4.69) is 17.6 Å². The van der Waals surface area contributed by atoms with Crippen molar-refractivity contribution in [1.82, 2.24) is 14.5 Å². The molecule has 1 saturated heterocycles. The summed E-state index contributed by atoms with van der Waals surface area (Å²) in [5.74, 6) is -0.182. The number of nitrogens with zero attached hydrogens (tertiary/aromatic N) is 2. The highest BCUT2D eigenvalue weighted by molar-refractivity contribution is 7.89. The standard InChI is InChI=1S/C22H36N4O4S/c1-4-7-14-23-22(28)18-9-8-15-25(16-18)17-21(27)24-19-10-12-20(13-11-19)31(29,30)26(5-2)6-3/h10-13,18H,4-9,14-17H2,1-3H3,(H,23,28)(H,24,27). The van der Waals surface area contributed by atoms with E-state index in [0.717, 1.165) is 32.2 Å². The molecule has 174 valence electrons. The van der Waals surface area contributed by atoms with Gasteiger partial charge in [0.15, 0.2) is 0 Å². The van der Waals surface area contributed by atoms with Gasteiger partial charge < -0.3 is 10.6 Å². The Labute approximate surface area is 186 Å². The zero-order valence-corrected chi connectivity index (χ0v) is 19.7. The van der Waals surface area contributed by atoms with Crippen molar-refractivity contribution in [2.75, 3.05) is 44.6 Å². The first-order valence-corrected chi connectivity index (χ1v) is 12.7. The SMILES string of the molecule is CCCCNC(=O)C1CCCN(CC(=O)Nc2ccc(S(=O)(=O)N(CC)CC)cc2)C1. The number of unbranched alkanes of at least 4 members (excludes halogenated alkanes) is 1. The zero-order chi connectivity index (χ0) is 22.9. The monoisotopic (exact) mass is 452 g/mol. The van der Waals surface area contributed by atoms with Crippen LogP contribution in [0.1, 0.15) is 46.5 Å². The predicted molar refractivity (Wildman–Crippen MR) is 122 cm³/mol. The van der Waals surface area contributed by atoms with Gasteiger partial charge in [0.2, 0.25) is 21.8 Å². The summed E-state index contributed by atoms with van der Waals surface area (Å²) in [6.45, 7) is 8.77. The fourth-order valence-corrected chi connectivity index (χ4v) is 5.23. The molecule has 1 aliphatic heterocycles. The molecule has 31 heavy (non-hydrogen) atoms. The van der Waals surface area contributed by atoms with E-state index in [0.29, 0.717) is 31.9 Å². The molecule has 2 N–H and O–H groups in total. The van der Waals surface area contributed by atoms with Crippen LogP contribution in [0, 0.1) is 5.92 Å². The summed E-state index contributed by atoms with van der Waals surface area (Å²) < 4.78 is 26.5. The van der Waals surface area contributed by atoms with E-state index in [1.807, 2.05) is 4.90 Å². The molecule has 2 rings (SSSR count). The summed E-state index contributed by atoms with van der Waals surface area (Å²) in [6, 6.07) is 6.24. The number of benzene rings is 1. The van der Waals surface area contributed by atoms with Crippen molar-refractivity contribution in [3.8, 4) is 0 Å². The van der Waals surface area contributed by atoms with Crippen LogP contribution in [0.3, 0.4) is 0 Å². The van der Waals surface area contributed by atoms with Crippen LogP contribution in [0.4, 0.5) is 5.69 Å². The second-order valence-corrected chi connectivity index (χ2v) is 9.82. The summed E-state index contributed by atoms with van der Waals surface area (Å²) in [4.78, 5) is 27.0. The highest BCUT2D eigenvalue weighted by Gasteiger charge is 2.26. The molecule has 0 aliphatic carbocycles. The number of nitrogens with one attached hydrogen (secondary N) is 2. The van der Waals surface area contributed by atoms with Crippen molar-refractivity contribution in [2.24, 2.45) is 5.92 Å². The molecule has 9 heteroatoms. The average molecular weight is 453 g/mol. The summed E-state index contributed by atoms with van der Waals surface area (Å²) in [5.41, 5.74) is 0.550. The molecule has 1 aliphatic rings. The van der Waals surface area contributed by atoms with Crippen LogP contribution >= 0.6 is 0 Å². The number of carbonyl (C=O) groups excluding carboxylic acids is 2. The highest BCUT2D eigenvalue weighted by atomic mass is 32.2. The second kappa shape index (κ2) is 12.2. The molecule has 0 aromatic heterocycles. The first kappa shape index (κ1) is 25.3. The van der Waals surface area contributed by atoms with E-state index in [4.69, 9.17) is 0 Å². The number of carbonyl (C=O) groups is 2. The Hall–Kier alpha value is -1.97. The summed E-state index contributed by atoms with van der Waals surface area (Å²) >= 11 is 0. The minimum atomic E-state index is -3.52. The quantitative estimate of drug-likeness (QED) is 0.502. The highest BCUT2D eigenvalue weighted by Crippen LogP contribution is 2.19. The van der Waals surface area contributed by atoms with E-state index in [-0.39, 0.29) is 29.2 Å². The topological polar surface area (TPSA) is 98.8 Å². The Morgan fingerprint density at radius 3 is 2.42 bits per heavy atom. The largest absolute Gasteiger partial charge is 0.356 e. The van der Waals surface area contributed by atoms with Gasteiger partial charge in [0.05, 0.1) is 17.4 Å². The van der Waals surface area contributed by atoms with Crippen molar-refractivity contribution in [1.29, 1.82) is 0 Å². The average Bonchev–Trinajstić information content (AvgIpc) is 2.75. The predicted octanol–water partition coefficient (Wildman–Crippen LogP) is 2.28. The molecule has 0 spiro atoms. The van der Waals surface area contributed by atoms with E-state index in [9.17, 15) is 18.0 Å². The smallest absolute Gasteiger partial charge is 0.243 e. The van der Waals surface area contributed by atoms with Crippen LogP contribution in [0.2, 0.25) is 0 Å². The zero-order valence-electron chi connectivity index (χ0n) is 18.9. The van der Waals surface area contributed by atoms with Gasteiger partial charge in [-0.2, -0.15) is 4.31 Å². The molecule has 1 aromatic carbocycles. The molecular weight excluding hydrogens is 416 g/mol. The lowest BCUT2D eigenvalue weighted by atomic mass is 9.97. The lowest BCUT2D eigenvalue weighted by Gasteiger charge is -2.31. The number of hydrogen-bond acceptors (Lipinski definition) is 5. The van der Waals surface area contributed by atoms with E-state index < -0.39 is 10.0 Å². The first-order valence-electron chi connectivity index (χ1n) is 11.2. The van der Waals surface area contributed by atoms with Gasteiger partial charge in [0, 0.05) is 31.9 Å². The maximum atomic E-state index is 12.6. The molecule has 1 aromatic rings. The number of rotatable bonds is 11. The Morgan fingerprint density at radius 1 is 1.13 bits per heavy atom. The van der Waals surface area contributed by atoms with Gasteiger partial charge in [0.25, 0.3) is 0 Å². The van der Waals surface area contributed by atoms with Gasteiger partial charge >= 0.3 is 0 Å². The third-order valence-corrected chi connectivity index (χ3v) is 7.62. The van der Waals surface area contributed by atoms with Crippen LogP contribution in [0.15, 0.2) is 29.2 Å². The molecule has 1 fully saturated rings. The van der Waals surface area contributed by atoms with Gasteiger partial charge in [-0.05, 0) is 50.1 Å². The van der Waals surface area contributed by atoms with Gasteiger partial charge in [-0.25, -0.2) is 8.42 Å². The van der Waals surface area contributed by atoms with Crippen molar-refractivity contribution in [3.05, 3.63) is 24.3 Å². The fraction of sp³-hybridized carbons (Fsp3) is 0.636. The Kier molecular flexibility index (Phi) is 9.93. The van der Waals surface area contributed by atoms with Gasteiger partial charge in [0.1, 0.15) is 0 Å². The van der Waals surface area contributed by atoms with Crippen molar-refractivity contribution < 1.29 is 18.0 Å². The lowest BCUT2D eigenvalue weighted by molar-refractivity contribution is -0.127. The Morgan fingerprint density at radius 2 is 1.81 bits per heavy atom. The third kappa shape index (κ3) is 7.29. The first-order chi connectivity index (χ1) is 14.8. The third-order valence-electron chi connectivity index (χ3n) is 5.55. The summed E-state index contributed by atoms with van der Waals surface area (Å²) in [5, 5.41) is 5.80. The van der Waals surface area contributed by atoms with Gasteiger partial charge in [-0.15, -0.1) is 0 Å². The van der Waals surface area contributed by atoms with Crippen molar-refractivity contribution in [2.45, 2.75) is 51.3 Å². The van der Waals surface area contributed by atoms with Crippen LogP contribution in [0.5, 0.6) is 0 Å². The van der Waals surface area contributed by atoms with Crippen molar-refractivity contribution in [3.63, 3.8) is 0 Å². The molecule has 1 heterocycles. The summed E-state index contributed by atoms with van der Waals surface area (Å²) in [6.07, 6.45) is 3.74. The van der Waals surface area contributed by atoms with Crippen LogP contribution < -0.4 is 10.6 Å². The number of likely N-dealkylation sites (tertiary alicyclic amines) is 1. The number of amides is 2. The van der Waals surface area contributed by atoms with E-state index in [1.165, 1.54) is 16.4 Å². The van der Waals surface area contributed by atoms with Gasteiger partial charge in [-0.3, -0.25) is 14.5 Å². The Balaban J connectivity index is 1.89. The molecule has 0 bridgehead atoms. The summed E-state index contributed by atoms with van der Waals surface area (Å²) in [7, 11) is -3.52. The normalized spacial score (nSPS) is 17.5. The Bertz CT molecular complexity index is 822. The second-order valence-electron chi connectivity index (χ2n) is 7.88. The van der Waals surface area contributed by atoms with Crippen molar-refractivity contribution >= 4 is 27.5 Å². The molecule has 1 atom stereocenters. The lowest BCUT2D eigenvalue weighted by Crippen LogP contribution is -2.45. The van der Waals surface area contributed by atoms with E-state index >= 15 is 0 Å². The maximum Gasteiger partial charge on any atom is 0.243 e. The van der Waals surface area contributed by atoms with Gasteiger partial charge in [-0.1, -0.05) is 27.2 Å².